The molecule has 0 fully saturated rings. The molecule has 30 heavy (non-hydrogen) atoms. The number of fused-ring (bicyclic) bond motifs is 2. The lowest BCUT2D eigenvalue weighted by atomic mass is 10.0. The number of hydrogen-bond donors (Lipinski definition) is 2. The maximum absolute atomic E-state index is 12.9. The van der Waals surface area contributed by atoms with Crippen LogP contribution in [0.25, 0.3) is 10.9 Å². The normalized spacial score (nSPS) is 15.4. The molecule has 4 rings (SSSR count). The van der Waals surface area contributed by atoms with Gasteiger partial charge in [0.05, 0.1) is 29.3 Å². The molecular formula is C22H23N3O4S. The van der Waals surface area contributed by atoms with Crippen molar-refractivity contribution in [2.24, 2.45) is 0 Å². The molecule has 0 unspecified atom stereocenters. The molecule has 0 aliphatic carbocycles. The molecule has 7 nitrogen and oxygen atoms in total. The van der Waals surface area contributed by atoms with Crippen LogP contribution in [-0.4, -0.2) is 39.5 Å². The fraction of sp³-hybridized carbons (Fsp3) is 0.318. The Morgan fingerprint density at radius 2 is 2.03 bits per heavy atom. The third-order valence-corrected chi connectivity index (χ3v) is 5.97. The van der Waals surface area contributed by atoms with Gasteiger partial charge < -0.3 is 15.2 Å². The van der Waals surface area contributed by atoms with Crippen LogP contribution in [-0.2, 0) is 11.3 Å². The number of nitrogens with zero attached hydrogens (tertiary/aromatic N) is 2. The molecule has 0 saturated carbocycles. The maximum Gasteiger partial charge on any atom is 0.262 e. The third-order valence-electron chi connectivity index (χ3n) is 4.99. The standard InChI is InChI=1S/C22H23N3O4S/c26-12-5-11-25-21(28)16-7-1-3-8-17(16)24-22(25)30-14-20(27)23-18-10-13-29-19-9-4-2-6-15(18)19/h1-4,6-9,18,26H,5,10-14H2,(H,23,27)/t18-/m1/s1. The summed E-state index contributed by atoms with van der Waals surface area (Å²) in [5, 5.41) is 13.3. The van der Waals surface area contributed by atoms with Crippen LogP contribution in [0, 0.1) is 0 Å². The van der Waals surface area contributed by atoms with Gasteiger partial charge in [-0.25, -0.2) is 4.98 Å². The second kappa shape index (κ2) is 9.32. The number of carbonyl (C=O) groups is 1. The largest absolute Gasteiger partial charge is 0.493 e. The first kappa shape index (κ1) is 20.4. The number of aliphatic hydroxyl groups excluding tert-OH is 1. The van der Waals surface area contributed by atoms with Crippen molar-refractivity contribution in [2.45, 2.75) is 30.6 Å². The van der Waals surface area contributed by atoms with Crippen LogP contribution in [0.2, 0.25) is 0 Å². The molecule has 8 heteroatoms. The summed E-state index contributed by atoms with van der Waals surface area (Å²) in [4.78, 5) is 30.1. The number of benzene rings is 2. The van der Waals surface area contributed by atoms with Crippen molar-refractivity contribution in [2.75, 3.05) is 19.0 Å². The lowest BCUT2D eigenvalue weighted by molar-refractivity contribution is -0.119. The van der Waals surface area contributed by atoms with Crippen molar-refractivity contribution in [3.05, 3.63) is 64.4 Å². The Labute approximate surface area is 178 Å². The minimum Gasteiger partial charge on any atom is -0.493 e. The Hall–Kier alpha value is -2.84. The van der Waals surface area contributed by atoms with E-state index in [0.717, 1.165) is 11.3 Å². The minimum atomic E-state index is -0.157. The van der Waals surface area contributed by atoms with Crippen LogP contribution in [0.1, 0.15) is 24.4 Å². The van der Waals surface area contributed by atoms with E-state index in [0.29, 0.717) is 42.1 Å². The Balaban J connectivity index is 1.50. The highest BCUT2D eigenvalue weighted by Crippen LogP contribution is 2.31. The first-order valence-electron chi connectivity index (χ1n) is 9.91. The predicted molar refractivity (Wildman–Crippen MR) is 116 cm³/mol. The topological polar surface area (TPSA) is 93.5 Å². The van der Waals surface area contributed by atoms with Gasteiger partial charge in [0.25, 0.3) is 5.56 Å². The van der Waals surface area contributed by atoms with Gasteiger partial charge in [-0.1, -0.05) is 42.1 Å². The smallest absolute Gasteiger partial charge is 0.262 e. The van der Waals surface area contributed by atoms with Gasteiger partial charge in [-0.2, -0.15) is 0 Å². The molecule has 156 valence electrons. The zero-order chi connectivity index (χ0) is 20.9. The molecule has 2 N–H and O–H groups in total. The van der Waals surface area contributed by atoms with Crippen molar-refractivity contribution < 1.29 is 14.6 Å². The fourth-order valence-corrected chi connectivity index (χ4v) is 4.38. The van der Waals surface area contributed by atoms with Gasteiger partial charge in [0.1, 0.15) is 5.75 Å². The second-order valence-corrected chi connectivity index (χ2v) is 7.97. The van der Waals surface area contributed by atoms with E-state index in [2.05, 4.69) is 10.3 Å². The number of para-hydroxylation sites is 2. The summed E-state index contributed by atoms with van der Waals surface area (Å²) in [7, 11) is 0. The third kappa shape index (κ3) is 4.34. The molecule has 0 saturated heterocycles. The van der Waals surface area contributed by atoms with Crippen LogP contribution in [0.5, 0.6) is 5.75 Å². The summed E-state index contributed by atoms with van der Waals surface area (Å²) < 4.78 is 7.19. The number of carbonyl (C=O) groups excluding carboxylic acids is 1. The van der Waals surface area contributed by atoms with Crippen LogP contribution in [0.3, 0.4) is 0 Å². The molecule has 1 atom stereocenters. The first-order valence-corrected chi connectivity index (χ1v) is 10.9. The molecule has 1 aromatic heterocycles. The summed E-state index contributed by atoms with van der Waals surface area (Å²) in [6.07, 6.45) is 1.15. The molecule has 1 aliphatic rings. The second-order valence-electron chi connectivity index (χ2n) is 7.03. The van der Waals surface area contributed by atoms with Crippen LogP contribution in [0.4, 0.5) is 0 Å². The van der Waals surface area contributed by atoms with E-state index in [-0.39, 0.29) is 29.9 Å². The molecule has 1 aliphatic heterocycles. The molecule has 0 bridgehead atoms. The highest BCUT2D eigenvalue weighted by Gasteiger charge is 2.23. The zero-order valence-corrected chi connectivity index (χ0v) is 17.2. The summed E-state index contributed by atoms with van der Waals surface area (Å²) in [5.41, 5.74) is 1.42. The Morgan fingerprint density at radius 1 is 1.23 bits per heavy atom. The van der Waals surface area contributed by atoms with E-state index in [1.165, 1.54) is 11.8 Å². The van der Waals surface area contributed by atoms with Crippen LogP contribution >= 0.6 is 11.8 Å². The number of hydrogen-bond acceptors (Lipinski definition) is 6. The minimum absolute atomic E-state index is 0.0208. The zero-order valence-electron chi connectivity index (χ0n) is 16.4. The van der Waals surface area contributed by atoms with Gasteiger partial charge >= 0.3 is 0 Å². The lowest BCUT2D eigenvalue weighted by Crippen LogP contribution is -2.33. The summed E-state index contributed by atoms with van der Waals surface area (Å²) in [6, 6.07) is 14.8. The molecular weight excluding hydrogens is 402 g/mol. The molecule has 0 radical (unpaired) electrons. The SMILES string of the molecule is O=C(CSc1nc2ccccc2c(=O)n1CCCO)N[C@@H]1CCOc2ccccc21. The van der Waals surface area contributed by atoms with Gasteiger partial charge in [-0.3, -0.25) is 14.2 Å². The Morgan fingerprint density at radius 3 is 2.90 bits per heavy atom. The van der Waals surface area contributed by atoms with Crippen LogP contribution in [0.15, 0.2) is 58.5 Å². The van der Waals surface area contributed by atoms with Gasteiger partial charge in [0.15, 0.2) is 5.16 Å². The van der Waals surface area contributed by atoms with Gasteiger partial charge in [-0.15, -0.1) is 0 Å². The first-order chi connectivity index (χ1) is 14.7. The average Bonchev–Trinajstić information content (AvgIpc) is 2.77. The number of rotatable bonds is 7. The number of thioether (sulfide) groups is 1. The van der Waals surface area contributed by atoms with Gasteiger partial charge in [0.2, 0.25) is 5.91 Å². The number of amides is 1. The van der Waals surface area contributed by atoms with Crippen molar-refractivity contribution in [1.29, 1.82) is 0 Å². The van der Waals surface area contributed by atoms with E-state index in [1.807, 2.05) is 30.3 Å². The quantitative estimate of drug-likeness (QED) is 0.446. The van der Waals surface area contributed by atoms with Crippen molar-refractivity contribution in [3.63, 3.8) is 0 Å². The Kier molecular flexibility index (Phi) is 6.35. The van der Waals surface area contributed by atoms with Gasteiger partial charge in [0, 0.05) is 25.1 Å². The van der Waals surface area contributed by atoms with Gasteiger partial charge in [-0.05, 0) is 24.6 Å². The summed E-state index contributed by atoms with van der Waals surface area (Å²) >= 11 is 1.23. The monoisotopic (exact) mass is 425 g/mol. The number of nitrogens with one attached hydrogen (secondary N) is 1. The highest BCUT2D eigenvalue weighted by molar-refractivity contribution is 7.99. The van der Waals surface area contributed by atoms with E-state index < -0.39 is 0 Å². The van der Waals surface area contributed by atoms with E-state index in [1.54, 1.807) is 22.8 Å². The van der Waals surface area contributed by atoms with Crippen molar-refractivity contribution >= 4 is 28.6 Å². The molecule has 0 spiro atoms. The summed E-state index contributed by atoms with van der Waals surface area (Å²) in [5.74, 6) is 0.817. The number of aliphatic hydroxyl groups is 1. The maximum atomic E-state index is 12.9. The molecule has 3 aromatic rings. The number of aromatic nitrogens is 2. The molecule has 2 heterocycles. The molecule has 2 aromatic carbocycles. The van der Waals surface area contributed by atoms with E-state index in [9.17, 15) is 14.7 Å². The van der Waals surface area contributed by atoms with E-state index >= 15 is 0 Å². The van der Waals surface area contributed by atoms with Crippen molar-refractivity contribution in [3.8, 4) is 5.75 Å². The highest BCUT2D eigenvalue weighted by atomic mass is 32.2. The Bertz CT molecular complexity index is 1110. The summed E-state index contributed by atoms with van der Waals surface area (Å²) in [6.45, 7) is 0.888. The van der Waals surface area contributed by atoms with Crippen molar-refractivity contribution in [1.82, 2.24) is 14.9 Å². The van der Waals surface area contributed by atoms with Crippen LogP contribution < -0.4 is 15.6 Å². The lowest BCUT2D eigenvalue weighted by Gasteiger charge is -2.26. The number of ether oxygens (including phenoxy) is 1. The average molecular weight is 426 g/mol. The predicted octanol–water partition coefficient (Wildman–Crippen LogP) is 2.51. The molecule has 1 amide bonds. The van der Waals surface area contributed by atoms with E-state index in [4.69, 9.17) is 4.74 Å². The fourth-order valence-electron chi connectivity index (χ4n) is 3.54.